The SMILES string of the molecule is COC(=O)C(C)C1(O)CCCN(C)C1. The number of aliphatic hydroxyl groups is 1. The van der Waals surface area contributed by atoms with Crippen molar-refractivity contribution in [2.24, 2.45) is 5.92 Å². The van der Waals surface area contributed by atoms with Gasteiger partial charge >= 0.3 is 5.97 Å². The first-order chi connectivity index (χ1) is 6.49. The summed E-state index contributed by atoms with van der Waals surface area (Å²) >= 11 is 0. The first-order valence-corrected chi connectivity index (χ1v) is 4.98. The van der Waals surface area contributed by atoms with Gasteiger partial charge in [-0.05, 0) is 33.4 Å². The van der Waals surface area contributed by atoms with Gasteiger partial charge in [0.15, 0.2) is 0 Å². The number of carbonyl (C=O) groups excluding carboxylic acids is 1. The first-order valence-electron chi connectivity index (χ1n) is 4.98. The topological polar surface area (TPSA) is 49.8 Å². The van der Waals surface area contributed by atoms with Crippen LogP contribution in [0, 0.1) is 5.92 Å². The number of methoxy groups -OCH3 is 1. The van der Waals surface area contributed by atoms with Crippen LogP contribution >= 0.6 is 0 Å². The van der Waals surface area contributed by atoms with Crippen molar-refractivity contribution in [3.8, 4) is 0 Å². The Labute approximate surface area is 84.8 Å². The molecule has 2 atom stereocenters. The Morgan fingerprint density at radius 2 is 2.29 bits per heavy atom. The van der Waals surface area contributed by atoms with Crippen molar-refractivity contribution in [1.29, 1.82) is 0 Å². The van der Waals surface area contributed by atoms with Gasteiger partial charge in [0.25, 0.3) is 0 Å². The fourth-order valence-electron chi connectivity index (χ4n) is 2.03. The van der Waals surface area contributed by atoms with Crippen molar-refractivity contribution in [2.75, 3.05) is 27.2 Å². The third kappa shape index (κ3) is 2.25. The molecule has 1 fully saturated rings. The fourth-order valence-corrected chi connectivity index (χ4v) is 2.03. The number of likely N-dealkylation sites (tertiary alicyclic amines) is 1. The molecule has 0 radical (unpaired) electrons. The van der Waals surface area contributed by atoms with Crippen LogP contribution in [0.3, 0.4) is 0 Å². The molecule has 0 amide bonds. The molecular formula is C10H19NO3. The molecule has 1 saturated heterocycles. The molecule has 0 spiro atoms. The van der Waals surface area contributed by atoms with Crippen LogP contribution in [-0.4, -0.2) is 48.8 Å². The largest absolute Gasteiger partial charge is 0.469 e. The zero-order chi connectivity index (χ0) is 10.8. The summed E-state index contributed by atoms with van der Waals surface area (Å²) in [5.41, 5.74) is -0.917. The van der Waals surface area contributed by atoms with E-state index in [2.05, 4.69) is 4.74 Å². The van der Waals surface area contributed by atoms with E-state index in [1.807, 2.05) is 11.9 Å². The molecule has 1 rings (SSSR count). The summed E-state index contributed by atoms with van der Waals surface area (Å²) in [5, 5.41) is 10.3. The Morgan fingerprint density at radius 3 is 2.79 bits per heavy atom. The molecule has 0 saturated carbocycles. The monoisotopic (exact) mass is 201 g/mol. The van der Waals surface area contributed by atoms with E-state index in [4.69, 9.17) is 0 Å². The zero-order valence-electron chi connectivity index (χ0n) is 9.12. The van der Waals surface area contributed by atoms with Crippen molar-refractivity contribution in [3.63, 3.8) is 0 Å². The van der Waals surface area contributed by atoms with Crippen molar-refractivity contribution in [2.45, 2.75) is 25.4 Å². The van der Waals surface area contributed by atoms with Crippen LogP contribution in [-0.2, 0) is 9.53 Å². The van der Waals surface area contributed by atoms with E-state index in [0.717, 1.165) is 13.0 Å². The zero-order valence-corrected chi connectivity index (χ0v) is 9.12. The standard InChI is InChI=1S/C10H19NO3/c1-8(9(12)14-3)10(13)5-4-6-11(2)7-10/h8,13H,4-7H2,1-3H3. The maximum Gasteiger partial charge on any atom is 0.311 e. The third-order valence-corrected chi connectivity index (χ3v) is 3.05. The van der Waals surface area contributed by atoms with Crippen molar-refractivity contribution >= 4 is 5.97 Å². The number of hydrogen-bond donors (Lipinski definition) is 1. The van der Waals surface area contributed by atoms with Crippen LogP contribution in [0.5, 0.6) is 0 Å². The van der Waals surface area contributed by atoms with E-state index in [-0.39, 0.29) is 5.97 Å². The second-order valence-corrected chi connectivity index (χ2v) is 4.19. The van der Waals surface area contributed by atoms with Crippen molar-refractivity contribution in [3.05, 3.63) is 0 Å². The summed E-state index contributed by atoms with van der Waals surface area (Å²) in [6.45, 7) is 3.25. The summed E-state index contributed by atoms with van der Waals surface area (Å²) in [6.07, 6.45) is 1.60. The number of rotatable bonds is 2. The summed E-state index contributed by atoms with van der Waals surface area (Å²) in [7, 11) is 3.31. The highest BCUT2D eigenvalue weighted by Crippen LogP contribution is 2.28. The average molecular weight is 201 g/mol. The van der Waals surface area contributed by atoms with Gasteiger partial charge in [0.2, 0.25) is 0 Å². The van der Waals surface area contributed by atoms with E-state index >= 15 is 0 Å². The maximum absolute atomic E-state index is 11.3. The Hall–Kier alpha value is -0.610. The first kappa shape index (κ1) is 11.5. The number of ether oxygens (including phenoxy) is 1. The molecule has 0 aromatic carbocycles. The lowest BCUT2D eigenvalue weighted by atomic mass is 9.82. The van der Waals surface area contributed by atoms with Gasteiger partial charge < -0.3 is 14.7 Å². The van der Waals surface area contributed by atoms with Crippen LogP contribution in [0.15, 0.2) is 0 Å². The molecular weight excluding hydrogens is 182 g/mol. The molecule has 4 nitrogen and oxygen atoms in total. The maximum atomic E-state index is 11.3. The molecule has 0 aliphatic carbocycles. The highest BCUT2D eigenvalue weighted by molar-refractivity contribution is 5.73. The predicted octanol–water partition coefficient (Wildman–Crippen LogP) is 0.252. The summed E-state index contributed by atoms with van der Waals surface area (Å²) in [4.78, 5) is 13.4. The number of β-amino-alcohol motifs (C(OH)–C–C–N with tert-alkyl or cyclic N) is 1. The van der Waals surface area contributed by atoms with Crippen LogP contribution in [0.4, 0.5) is 0 Å². The number of piperidine rings is 1. The molecule has 0 bridgehead atoms. The molecule has 0 aromatic rings. The Balaban J connectivity index is 2.67. The quantitative estimate of drug-likeness (QED) is 0.651. The van der Waals surface area contributed by atoms with Crippen LogP contribution in [0.2, 0.25) is 0 Å². The molecule has 1 aliphatic heterocycles. The van der Waals surface area contributed by atoms with E-state index in [1.54, 1.807) is 6.92 Å². The van der Waals surface area contributed by atoms with Gasteiger partial charge in [-0.1, -0.05) is 0 Å². The Morgan fingerprint density at radius 1 is 1.64 bits per heavy atom. The van der Waals surface area contributed by atoms with E-state index < -0.39 is 11.5 Å². The number of hydrogen-bond acceptors (Lipinski definition) is 4. The van der Waals surface area contributed by atoms with E-state index in [0.29, 0.717) is 13.0 Å². The average Bonchev–Trinajstić information content (AvgIpc) is 2.15. The lowest BCUT2D eigenvalue weighted by molar-refractivity contribution is -0.158. The minimum Gasteiger partial charge on any atom is -0.469 e. The van der Waals surface area contributed by atoms with Gasteiger partial charge in [-0.25, -0.2) is 0 Å². The van der Waals surface area contributed by atoms with Gasteiger partial charge in [0, 0.05) is 6.54 Å². The molecule has 1 heterocycles. The third-order valence-electron chi connectivity index (χ3n) is 3.05. The minimum absolute atomic E-state index is 0.331. The smallest absolute Gasteiger partial charge is 0.311 e. The normalized spacial score (nSPS) is 31.1. The van der Waals surface area contributed by atoms with Crippen molar-refractivity contribution in [1.82, 2.24) is 4.90 Å². The molecule has 82 valence electrons. The van der Waals surface area contributed by atoms with Crippen molar-refractivity contribution < 1.29 is 14.6 Å². The molecule has 14 heavy (non-hydrogen) atoms. The van der Waals surface area contributed by atoms with E-state index in [9.17, 15) is 9.90 Å². The highest BCUT2D eigenvalue weighted by Gasteiger charge is 2.41. The van der Waals surface area contributed by atoms with Gasteiger partial charge in [0.05, 0.1) is 18.6 Å². The van der Waals surface area contributed by atoms with Gasteiger partial charge in [-0.2, -0.15) is 0 Å². The molecule has 1 aliphatic rings. The number of esters is 1. The summed E-state index contributed by atoms with van der Waals surface area (Å²) in [6, 6.07) is 0. The fraction of sp³-hybridized carbons (Fsp3) is 0.900. The summed E-state index contributed by atoms with van der Waals surface area (Å²) in [5.74, 6) is -0.780. The van der Waals surface area contributed by atoms with E-state index in [1.165, 1.54) is 7.11 Å². The lowest BCUT2D eigenvalue weighted by Crippen LogP contribution is -2.52. The number of likely N-dealkylation sites (N-methyl/N-ethyl adjacent to an activating group) is 1. The Bertz CT molecular complexity index is 219. The second kappa shape index (κ2) is 4.28. The summed E-state index contributed by atoms with van der Waals surface area (Å²) < 4.78 is 4.65. The minimum atomic E-state index is -0.917. The predicted molar refractivity (Wildman–Crippen MR) is 52.9 cm³/mol. The van der Waals surface area contributed by atoms with Crippen LogP contribution < -0.4 is 0 Å². The Kier molecular flexibility index (Phi) is 3.50. The second-order valence-electron chi connectivity index (χ2n) is 4.19. The van der Waals surface area contributed by atoms with Gasteiger partial charge in [-0.15, -0.1) is 0 Å². The molecule has 4 heteroatoms. The molecule has 1 N–H and O–H groups in total. The lowest BCUT2D eigenvalue weighted by Gasteiger charge is -2.40. The molecule has 0 aromatic heterocycles. The van der Waals surface area contributed by atoms with Gasteiger partial charge in [-0.3, -0.25) is 4.79 Å². The van der Waals surface area contributed by atoms with Gasteiger partial charge in [0.1, 0.15) is 0 Å². The van der Waals surface area contributed by atoms with Crippen LogP contribution in [0.1, 0.15) is 19.8 Å². The number of nitrogens with zero attached hydrogens (tertiary/aromatic N) is 1. The molecule has 2 unspecified atom stereocenters. The number of carbonyl (C=O) groups is 1. The van der Waals surface area contributed by atoms with Crippen LogP contribution in [0.25, 0.3) is 0 Å². The highest BCUT2D eigenvalue weighted by atomic mass is 16.5.